The zero-order valence-corrected chi connectivity index (χ0v) is 9.63. The average molecular weight is 196 g/mol. The first-order valence-corrected chi connectivity index (χ1v) is 5.84. The van der Waals surface area contributed by atoms with Gasteiger partial charge in [0.25, 0.3) is 0 Å². The molecule has 14 heavy (non-hydrogen) atoms. The Labute approximate surface area is 88.2 Å². The molecule has 0 radical (unpaired) electrons. The van der Waals surface area contributed by atoms with Gasteiger partial charge in [-0.3, -0.25) is 4.90 Å². The smallest absolute Gasteiger partial charge is 0.0408 e. The van der Waals surface area contributed by atoms with Gasteiger partial charge in [0, 0.05) is 11.6 Å². The van der Waals surface area contributed by atoms with Crippen LogP contribution in [0.4, 0.5) is 0 Å². The summed E-state index contributed by atoms with van der Waals surface area (Å²) in [4.78, 5) is 2.57. The predicted octanol–water partition coefficient (Wildman–Crippen LogP) is 2.15. The molecule has 0 aromatic heterocycles. The maximum Gasteiger partial charge on any atom is 0.0408 e. The van der Waals surface area contributed by atoms with Crippen LogP contribution in [-0.4, -0.2) is 29.6 Å². The normalized spacial score (nSPS) is 21.1. The number of likely N-dealkylation sites (tertiary alicyclic amines) is 1. The number of hydrogen-bond acceptors (Lipinski definition) is 2. The van der Waals surface area contributed by atoms with Crippen LogP contribution in [0.25, 0.3) is 0 Å². The van der Waals surface area contributed by atoms with Gasteiger partial charge in [-0.15, -0.1) is 6.58 Å². The summed E-state index contributed by atoms with van der Waals surface area (Å²) in [6, 6.07) is 0.107. The largest absolute Gasteiger partial charge is 0.323 e. The van der Waals surface area contributed by atoms with Crippen LogP contribution in [0.2, 0.25) is 0 Å². The minimum atomic E-state index is 0.107. The monoisotopic (exact) mass is 196 g/mol. The predicted molar refractivity (Wildman–Crippen MR) is 62.3 cm³/mol. The van der Waals surface area contributed by atoms with Crippen molar-refractivity contribution in [3.63, 3.8) is 0 Å². The third-order valence-corrected chi connectivity index (χ3v) is 3.83. The molecule has 0 aromatic carbocycles. The van der Waals surface area contributed by atoms with Crippen LogP contribution < -0.4 is 5.73 Å². The number of rotatable bonds is 5. The van der Waals surface area contributed by atoms with Crippen molar-refractivity contribution in [1.29, 1.82) is 0 Å². The fourth-order valence-electron chi connectivity index (χ4n) is 2.76. The van der Waals surface area contributed by atoms with Gasteiger partial charge in [-0.25, -0.2) is 0 Å². The van der Waals surface area contributed by atoms with Crippen molar-refractivity contribution in [1.82, 2.24) is 4.90 Å². The summed E-state index contributed by atoms with van der Waals surface area (Å²) in [5, 5.41) is 0. The van der Waals surface area contributed by atoms with Gasteiger partial charge >= 0.3 is 0 Å². The highest BCUT2D eigenvalue weighted by molar-refractivity contribution is 5.05. The van der Waals surface area contributed by atoms with E-state index in [2.05, 4.69) is 25.3 Å². The van der Waals surface area contributed by atoms with E-state index in [-0.39, 0.29) is 11.6 Å². The molecule has 2 nitrogen and oxygen atoms in total. The molecular weight excluding hydrogens is 172 g/mol. The lowest BCUT2D eigenvalue weighted by molar-refractivity contribution is 0.0919. The Balaban J connectivity index is 2.82. The van der Waals surface area contributed by atoms with Crippen molar-refractivity contribution in [3.8, 4) is 0 Å². The molecule has 1 atom stereocenters. The zero-order valence-electron chi connectivity index (χ0n) is 9.63. The van der Waals surface area contributed by atoms with E-state index in [1.807, 2.05) is 6.08 Å². The van der Waals surface area contributed by atoms with E-state index in [0.29, 0.717) is 0 Å². The first-order chi connectivity index (χ1) is 6.71. The van der Waals surface area contributed by atoms with E-state index in [9.17, 15) is 0 Å². The van der Waals surface area contributed by atoms with Gasteiger partial charge in [-0.1, -0.05) is 19.9 Å². The van der Waals surface area contributed by atoms with Gasteiger partial charge in [0.15, 0.2) is 0 Å². The summed E-state index contributed by atoms with van der Waals surface area (Å²) in [6.45, 7) is 10.7. The molecule has 1 rings (SSSR count). The van der Waals surface area contributed by atoms with Crippen LogP contribution >= 0.6 is 0 Å². The maximum atomic E-state index is 6.19. The minimum absolute atomic E-state index is 0.107. The summed E-state index contributed by atoms with van der Waals surface area (Å²) < 4.78 is 0. The van der Waals surface area contributed by atoms with E-state index in [1.54, 1.807) is 0 Å². The lowest BCUT2D eigenvalue weighted by atomic mass is 9.83. The molecule has 2 heteroatoms. The highest BCUT2D eigenvalue weighted by Crippen LogP contribution is 2.30. The van der Waals surface area contributed by atoms with Crippen molar-refractivity contribution in [2.24, 2.45) is 5.73 Å². The SMILES string of the molecule is C=CC(N)C(CC)(CC)N1CCCC1. The van der Waals surface area contributed by atoms with Crippen molar-refractivity contribution < 1.29 is 0 Å². The Morgan fingerprint density at radius 3 is 2.21 bits per heavy atom. The lowest BCUT2D eigenvalue weighted by Crippen LogP contribution is -2.57. The summed E-state index contributed by atoms with van der Waals surface area (Å²) in [5.41, 5.74) is 6.36. The molecule has 0 amide bonds. The second-order valence-corrected chi connectivity index (χ2v) is 4.27. The summed E-state index contributed by atoms with van der Waals surface area (Å²) >= 11 is 0. The van der Waals surface area contributed by atoms with Crippen molar-refractivity contribution in [3.05, 3.63) is 12.7 Å². The van der Waals surface area contributed by atoms with E-state index >= 15 is 0 Å². The molecule has 1 saturated heterocycles. The van der Waals surface area contributed by atoms with Crippen LogP contribution in [0, 0.1) is 0 Å². The molecule has 0 spiro atoms. The van der Waals surface area contributed by atoms with Crippen LogP contribution in [0.3, 0.4) is 0 Å². The average Bonchev–Trinajstić information content (AvgIpc) is 2.74. The fraction of sp³-hybridized carbons (Fsp3) is 0.833. The third kappa shape index (κ3) is 1.86. The quantitative estimate of drug-likeness (QED) is 0.683. The van der Waals surface area contributed by atoms with Crippen molar-refractivity contribution in [2.75, 3.05) is 13.1 Å². The van der Waals surface area contributed by atoms with Crippen LogP contribution in [-0.2, 0) is 0 Å². The molecule has 1 aliphatic rings. The summed E-state index contributed by atoms with van der Waals surface area (Å²) in [7, 11) is 0. The Hall–Kier alpha value is -0.340. The second kappa shape index (κ2) is 4.94. The van der Waals surface area contributed by atoms with E-state index in [0.717, 1.165) is 12.8 Å². The molecule has 1 fully saturated rings. The highest BCUT2D eigenvalue weighted by Gasteiger charge is 2.38. The van der Waals surface area contributed by atoms with Gasteiger partial charge in [-0.05, 0) is 38.8 Å². The van der Waals surface area contributed by atoms with Crippen LogP contribution in [0.5, 0.6) is 0 Å². The van der Waals surface area contributed by atoms with Crippen LogP contribution in [0.1, 0.15) is 39.5 Å². The molecule has 0 saturated carbocycles. The fourth-order valence-corrected chi connectivity index (χ4v) is 2.76. The zero-order chi connectivity index (χ0) is 10.6. The van der Waals surface area contributed by atoms with Crippen molar-refractivity contribution >= 4 is 0 Å². The molecule has 1 unspecified atom stereocenters. The Morgan fingerprint density at radius 2 is 1.86 bits per heavy atom. The van der Waals surface area contributed by atoms with Crippen molar-refractivity contribution in [2.45, 2.75) is 51.1 Å². The van der Waals surface area contributed by atoms with E-state index in [4.69, 9.17) is 5.73 Å². The first kappa shape index (κ1) is 11.7. The van der Waals surface area contributed by atoms with Gasteiger partial charge in [0.1, 0.15) is 0 Å². The van der Waals surface area contributed by atoms with Crippen LogP contribution in [0.15, 0.2) is 12.7 Å². The van der Waals surface area contributed by atoms with Gasteiger partial charge in [0.2, 0.25) is 0 Å². The van der Waals surface area contributed by atoms with E-state index < -0.39 is 0 Å². The maximum absolute atomic E-state index is 6.19. The highest BCUT2D eigenvalue weighted by atomic mass is 15.2. The molecule has 0 aromatic rings. The standard InChI is InChI=1S/C12H24N2/c1-4-11(13)12(5-2,6-3)14-9-7-8-10-14/h4,11H,1,5-10,13H2,2-3H3. The molecule has 82 valence electrons. The topological polar surface area (TPSA) is 29.3 Å². The second-order valence-electron chi connectivity index (χ2n) is 4.27. The summed E-state index contributed by atoms with van der Waals surface area (Å²) in [6.07, 6.45) is 6.80. The molecule has 1 aliphatic heterocycles. The van der Waals surface area contributed by atoms with Gasteiger partial charge in [-0.2, -0.15) is 0 Å². The van der Waals surface area contributed by atoms with Gasteiger partial charge < -0.3 is 5.73 Å². The Bertz CT molecular complexity index is 179. The molecule has 2 N–H and O–H groups in total. The first-order valence-electron chi connectivity index (χ1n) is 5.84. The molecular formula is C12H24N2. The minimum Gasteiger partial charge on any atom is -0.323 e. The summed E-state index contributed by atoms with van der Waals surface area (Å²) in [5.74, 6) is 0. The number of nitrogens with two attached hydrogens (primary N) is 1. The van der Waals surface area contributed by atoms with E-state index in [1.165, 1.54) is 25.9 Å². The Kier molecular flexibility index (Phi) is 4.14. The molecule has 0 aliphatic carbocycles. The van der Waals surface area contributed by atoms with Gasteiger partial charge in [0.05, 0.1) is 0 Å². The number of nitrogens with zero attached hydrogens (tertiary/aromatic N) is 1. The Morgan fingerprint density at radius 1 is 1.36 bits per heavy atom. The lowest BCUT2D eigenvalue weighted by Gasteiger charge is -2.44. The molecule has 1 heterocycles. The molecule has 0 bridgehead atoms. The third-order valence-electron chi connectivity index (χ3n) is 3.83. The number of hydrogen-bond donors (Lipinski definition) is 1.